The highest BCUT2D eigenvalue weighted by atomic mass is 35.5. The highest BCUT2D eigenvalue weighted by Gasteiger charge is 2.42. The maximum absolute atomic E-state index is 6.29. The Bertz CT molecular complexity index is 1230. The molecule has 1 N–H and O–H groups in total. The van der Waals surface area contributed by atoms with Crippen molar-refractivity contribution in [3.8, 4) is 11.3 Å². The third-order valence-electron chi connectivity index (χ3n) is 6.88. The molecule has 4 aromatic rings. The van der Waals surface area contributed by atoms with Crippen LogP contribution in [0, 0.1) is 0 Å². The van der Waals surface area contributed by atoms with Gasteiger partial charge in [-0.1, -0.05) is 11.6 Å². The van der Waals surface area contributed by atoms with E-state index in [1.54, 1.807) is 6.20 Å². The number of hydrogen-bond acceptors (Lipinski definition) is 4. The second kappa shape index (κ2) is 6.68. The van der Waals surface area contributed by atoms with E-state index in [-0.39, 0.29) is 5.41 Å². The third kappa shape index (κ3) is 2.87. The molecule has 0 radical (unpaired) electrons. The molecule has 6 rings (SSSR count). The van der Waals surface area contributed by atoms with Crippen LogP contribution in [0.3, 0.4) is 0 Å². The number of nitrogens with one attached hydrogen (secondary N) is 1. The van der Waals surface area contributed by atoms with Crippen LogP contribution >= 0.6 is 11.6 Å². The van der Waals surface area contributed by atoms with Crippen molar-refractivity contribution in [3.63, 3.8) is 0 Å². The smallest absolute Gasteiger partial charge is 0.138 e. The fourth-order valence-corrected chi connectivity index (χ4v) is 5.37. The summed E-state index contributed by atoms with van der Waals surface area (Å²) in [6.07, 6.45) is 11.3. The van der Waals surface area contributed by atoms with Crippen LogP contribution in [-0.4, -0.2) is 47.5 Å². The minimum absolute atomic E-state index is 0.250. The van der Waals surface area contributed by atoms with Crippen LogP contribution in [-0.2, 0) is 25.6 Å². The first-order chi connectivity index (χ1) is 14.6. The van der Waals surface area contributed by atoms with Gasteiger partial charge in [0.05, 0.1) is 16.9 Å². The highest BCUT2D eigenvalue weighted by Crippen LogP contribution is 2.44. The second-order valence-corrected chi connectivity index (χ2v) is 9.13. The number of fused-ring (bicyclic) bond motifs is 3. The summed E-state index contributed by atoms with van der Waals surface area (Å²) in [7, 11) is 1.98. The quantitative estimate of drug-likeness (QED) is 0.547. The van der Waals surface area contributed by atoms with Gasteiger partial charge in [-0.3, -0.25) is 14.3 Å². The Labute approximate surface area is 179 Å². The van der Waals surface area contributed by atoms with Crippen LogP contribution in [0.1, 0.15) is 30.5 Å². The van der Waals surface area contributed by atoms with Crippen LogP contribution in [0.15, 0.2) is 36.9 Å². The second-order valence-electron chi connectivity index (χ2n) is 8.72. The lowest BCUT2D eigenvalue weighted by atomic mass is 9.74. The number of piperidine rings is 1. The number of rotatable bonds is 3. The largest absolute Gasteiger partial charge is 0.345 e. The molecule has 2 aliphatic heterocycles. The number of halogens is 1. The summed E-state index contributed by atoms with van der Waals surface area (Å²) >= 11 is 6.29. The van der Waals surface area contributed by atoms with E-state index in [4.69, 9.17) is 16.7 Å². The molecule has 0 aromatic carbocycles. The average molecular weight is 422 g/mol. The number of aromatic amines is 1. The van der Waals surface area contributed by atoms with Crippen molar-refractivity contribution in [1.82, 2.24) is 34.4 Å². The van der Waals surface area contributed by atoms with Crippen molar-refractivity contribution in [2.45, 2.75) is 37.8 Å². The predicted octanol–water partition coefficient (Wildman–Crippen LogP) is 3.75. The Balaban J connectivity index is 1.23. The topological polar surface area (TPSA) is 67.6 Å². The van der Waals surface area contributed by atoms with Crippen LogP contribution in [0.2, 0.25) is 5.02 Å². The van der Waals surface area contributed by atoms with Crippen LogP contribution < -0.4 is 0 Å². The Morgan fingerprint density at radius 3 is 2.77 bits per heavy atom. The molecule has 30 heavy (non-hydrogen) atoms. The van der Waals surface area contributed by atoms with Gasteiger partial charge in [0.2, 0.25) is 0 Å². The Hall–Kier alpha value is -2.64. The van der Waals surface area contributed by atoms with Crippen molar-refractivity contribution < 1.29 is 0 Å². The summed E-state index contributed by atoms with van der Waals surface area (Å²) in [5.41, 5.74) is 5.76. The lowest BCUT2D eigenvalue weighted by Gasteiger charge is -2.38. The summed E-state index contributed by atoms with van der Waals surface area (Å²) in [5.74, 6) is 0. The van der Waals surface area contributed by atoms with Crippen LogP contribution in [0.4, 0.5) is 0 Å². The van der Waals surface area contributed by atoms with E-state index in [0.717, 1.165) is 48.5 Å². The van der Waals surface area contributed by atoms with E-state index in [0.29, 0.717) is 5.02 Å². The molecule has 8 heteroatoms. The average Bonchev–Trinajstić information content (AvgIpc) is 3.51. The molecule has 4 aromatic heterocycles. The monoisotopic (exact) mass is 421 g/mol. The summed E-state index contributed by atoms with van der Waals surface area (Å²) in [5, 5.41) is 10.9. The molecular formula is C22H24ClN7. The zero-order chi connectivity index (χ0) is 20.3. The molecule has 0 amide bonds. The molecule has 0 aliphatic carbocycles. The fourth-order valence-electron chi connectivity index (χ4n) is 5.17. The van der Waals surface area contributed by atoms with Gasteiger partial charge in [-0.25, -0.2) is 4.98 Å². The maximum atomic E-state index is 6.29. The van der Waals surface area contributed by atoms with E-state index in [2.05, 4.69) is 43.0 Å². The molecule has 1 spiro atoms. The summed E-state index contributed by atoms with van der Waals surface area (Å²) < 4.78 is 4.10. The van der Waals surface area contributed by atoms with Gasteiger partial charge in [0.15, 0.2) is 0 Å². The van der Waals surface area contributed by atoms with E-state index in [9.17, 15) is 0 Å². The van der Waals surface area contributed by atoms with Crippen LogP contribution in [0.25, 0.3) is 22.3 Å². The molecular weight excluding hydrogens is 398 g/mol. The minimum atomic E-state index is 0.250. The van der Waals surface area contributed by atoms with Gasteiger partial charge in [0.1, 0.15) is 5.65 Å². The van der Waals surface area contributed by atoms with E-state index >= 15 is 0 Å². The number of aryl methyl sites for hydroxylation is 2. The normalized spacial score (nSPS) is 18.5. The molecule has 2 aliphatic rings. The van der Waals surface area contributed by atoms with E-state index in [1.165, 1.54) is 30.5 Å². The molecule has 1 saturated heterocycles. The number of pyridine rings is 1. The van der Waals surface area contributed by atoms with Crippen molar-refractivity contribution in [3.05, 3.63) is 53.2 Å². The van der Waals surface area contributed by atoms with Crippen molar-refractivity contribution >= 4 is 22.6 Å². The van der Waals surface area contributed by atoms with E-state index in [1.807, 2.05) is 24.1 Å². The van der Waals surface area contributed by atoms with Gasteiger partial charge in [-0.15, -0.1) is 0 Å². The molecule has 0 bridgehead atoms. The fraction of sp³-hybridized carbons (Fsp3) is 0.409. The third-order valence-corrected chi connectivity index (χ3v) is 7.19. The first-order valence-corrected chi connectivity index (χ1v) is 10.9. The molecule has 154 valence electrons. The first-order valence-electron chi connectivity index (χ1n) is 10.5. The summed E-state index contributed by atoms with van der Waals surface area (Å²) in [6, 6.07) is 4.37. The van der Waals surface area contributed by atoms with Crippen molar-refractivity contribution in [1.29, 1.82) is 0 Å². The number of nitrogens with zero attached hydrogens (tertiary/aromatic N) is 6. The minimum Gasteiger partial charge on any atom is -0.345 e. The van der Waals surface area contributed by atoms with Gasteiger partial charge < -0.3 is 4.98 Å². The maximum Gasteiger partial charge on any atom is 0.138 e. The van der Waals surface area contributed by atoms with E-state index < -0.39 is 0 Å². The van der Waals surface area contributed by atoms with Gasteiger partial charge in [0.25, 0.3) is 0 Å². The molecule has 0 saturated carbocycles. The number of hydrogen-bond donors (Lipinski definition) is 1. The standard InChI is InChI=1S/C22H24ClN7/c1-28-13-15(10-26-28)14-29-5-2-22(3-6-29)4-7-30-20(22)9-19(27-30)16-8-17-18(23)12-25-21(17)24-11-16/h8-13H,2-7,14H2,1H3,(H,24,25). The lowest BCUT2D eigenvalue weighted by molar-refractivity contribution is 0.152. The van der Waals surface area contributed by atoms with Gasteiger partial charge in [-0.05, 0) is 44.5 Å². The molecule has 0 atom stereocenters. The summed E-state index contributed by atoms with van der Waals surface area (Å²) in [4.78, 5) is 10.2. The van der Waals surface area contributed by atoms with Gasteiger partial charge in [0, 0.05) is 66.3 Å². The van der Waals surface area contributed by atoms with Crippen molar-refractivity contribution in [2.24, 2.45) is 7.05 Å². The zero-order valence-corrected chi connectivity index (χ0v) is 17.7. The molecule has 0 unspecified atom stereocenters. The SMILES string of the molecule is Cn1cc(CN2CCC3(CC2)CCn2nc(-c4cnc5[nH]cc(Cl)c5c4)cc23)cn1. The predicted molar refractivity (Wildman–Crippen MR) is 116 cm³/mol. The first kappa shape index (κ1) is 18.2. The Kier molecular flexibility index (Phi) is 4.05. The number of aromatic nitrogens is 6. The molecule has 7 nitrogen and oxygen atoms in total. The highest BCUT2D eigenvalue weighted by molar-refractivity contribution is 6.35. The Morgan fingerprint density at radius 1 is 1.13 bits per heavy atom. The van der Waals surface area contributed by atoms with Crippen LogP contribution in [0.5, 0.6) is 0 Å². The lowest BCUT2D eigenvalue weighted by Crippen LogP contribution is -2.41. The van der Waals surface area contributed by atoms with Crippen molar-refractivity contribution in [2.75, 3.05) is 13.1 Å². The number of likely N-dealkylation sites (tertiary alicyclic amines) is 1. The number of H-pyrrole nitrogens is 1. The zero-order valence-electron chi connectivity index (χ0n) is 17.0. The molecule has 1 fully saturated rings. The summed E-state index contributed by atoms with van der Waals surface area (Å²) in [6.45, 7) is 4.21. The molecule has 6 heterocycles. The van der Waals surface area contributed by atoms with Gasteiger partial charge in [-0.2, -0.15) is 10.2 Å². The van der Waals surface area contributed by atoms with Gasteiger partial charge >= 0.3 is 0 Å². The Morgan fingerprint density at radius 2 is 1.97 bits per heavy atom.